The summed E-state index contributed by atoms with van der Waals surface area (Å²) in [5.41, 5.74) is 6.21. The van der Waals surface area contributed by atoms with E-state index < -0.39 is 11.7 Å². The van der Waals surface area contributed by atoms with Crippen molar-refractivity contribution in [2.24, 2.45) is 5.73 Å². The van der Waals surface area contributed by atoms with Crippen LogP contribution in [0.2, 0.25) is 0 Å². The molecular weight excluding hydrogens is 273 g/mol. The predicted molar refractivity (Wildman–Crippen MR) is 76.6 cm³/mol. The first-order chi connectivity index (χ1) is 10.1. The van der Waals surface area contributed by atoms with Gasteiger partial charge in [0.15, 0.2) is 11.6 Å². The third kappa shape index (κ3) is 4.00. The van der Waals surface area contributed by atoms with Crippen molar-refractivity contribution in [3.05, 3.63) is 53.5 Å². The maximum atomic E-state index is 13.9. The quantitative estimate of drug-likeness (QED) is 0.855. The van der Waals surface area contributed by atoms with Gasteiger partial charge in [-0.1, -0.05) is 13.0 Å². The molecule has 1 heterocycles. The van der Waals surface area contributed by atoms with E-state index in [9.17, 15) is 9.18 Å². The normalized spacial score (nSPS) is 10.4. The molecule has 0 radical (unpaired) electrons. The number of hydrogen-bond acceptors (Lipinski definition) is 4. The van der Waals surface area contributed by atoms with Gasteiger partial charge < -0.3 is 15.8 Å². The van der Waals surface area contributed by atoms with Crippen molar-refractivity contribution in [2.75, 3.05) is 6.54 Å². The Kier molecular flexibility index (Phi) is 4.84. The lowest BCUT2D eigenvalue weighted by Crippen LogP contribution is -2.11. The lowest BCUT2D eigenvalue weighted by molar-refractivity contribution is 0.1000. The molecule has 21 heavy (non-hydrogen) atoms. The van der Waals surface area contributed by atoms with Crippen LogP contribution in [-0.2, 0) is 6.54 Å². The SMILES string of the molecule is CCNCc1ccc(Oc2ccc(C(N)=O)cn2)c(F)c1. The van der Waals surface area contributed by atoms with E-state index in [1.807, 2.05) is 6.92 Å². The highest BCUT2D eigenvalue weighted by Crippen LogP contribution is 2.23. The highest BCUT2D eigenvalue weighted by atomic mass is 19.1. The van der Waals surface area contributed by atoms with Crippen molar-refractivity contribution in [3.63, 3.8) is 0 Å². The van der Waals surface area contributed by atoms with Crippen LogP contribution in [-0.4, -0.2) is 17.4 Å². The van der Waals surface area contributed by atoms with Gasteiger partial charge in [0, 0.05) is 18.8 Å². The molecule has 0 fully saturated rings. The molecule has 6 heteroatoms. The Morgan fingerprint density at radius 3 is 2.76 bits per heavy atom. The summed E-state index contributed by atoms with van der Waals surface area (Å²) in [7, 11) is 0. The van der Waals surface area contributed by atoms with E-state index in [-0.39, 0.29) is 17.2 Å². The zero-order valence-corrected chi connectivity index (χ0v) is 11.6. The fraction of sp³-hybridized carbons (Fsp3) is 0.200. The van der Waals surface area contributed by atoms with Crippen molar-refractivity contribution >= 4 is 5.91 Å². The Bertz CT molecular complexity index is 629. The van der Waals surface area contributed by atoms with Gasteiger partial charge >= 0.3 is 0 Å². The van der Waals surface area contributed by atoms with Crippen molar-refractivity contribution in [3.8, 4) is 11.6 Å². The number of hydrogen-bond donors (Lipinski definition) is 2. The molecule has 1 aromatic heterocycles. The second kappa shape index (κ2) is 6.81. The second-order valence-corrected chi connectivity index (χ2v) is 4.40. The molecule has 2 rings (SSSR count). The monoisotopic (exact) mass is 289 g/mol. The van der Waals surface area contributed by atoms with Crippen molar-refractivity contribution in [2.45, 2.75) is 13.5 Å². The van der Waals surface area contributed by atoms with Crippen LogP contribution in [0.15, 0.2) is 36.5 Å². The fourth-order valence-corrected chi connectivity index (χ4v) is 1.71. The van der Waals surface area contributed by atoms with Crippen LogP contribution in [0.25, 0.3) is 0 Å². The van der Waals surface area contributed by atoms with Crippen molar-refractivity contribution in [1.29, 1.82) is 0 Å². The van der Waals surface area contributed by atoms with E-state index in [0.717, 1.165) is 12.1 Å². The standard InChI is InChI=1S/C15H16FN3O2/c1-2-18-8-10-3-5-13(12(16)7-10)21-14-6-4-11(9-19-14)15(17)20/h3-7,9,18H,2,8H2,1H3,(H2,17,20). The summed E-state index contributed by atoms with van der Waals surface area (Å²) in [6.45, 7) is 3.39. The molecule has 0 aliphatic rings. The summed E-state index contributed by atoms with van der Waals surface area (Å²) in [6, 6.07) is 7.68. The zero-order chi connectivity index (χ0) is 15.2. The maximum Gasteiger partial charge on any atom is 0.250 e. The van der Waals surface area contributed by atoms with Gasteiger partial charge in [-0.15, -0.1) is 0 Å². The fourth-order valence-electron chi connectivity index (χ4n) is 1.71. The topological polar surface area (TPSA) is 77.2 Å². The van der Waals surface area contributed by atoms with Gasteiger partial charge in [0.05, 0.1) is 5.56 Å². The molecule has 3 N–H and O–H groups in total. The number of rotatable bonds is 6. The lowest BCUT2D eigenvalue weighted by atomic mass is 10.2. The van der Waals surface area contributed by atoms with Crippen LogP contribution in [0.4, 0.5) is 4.39 Å². The van der Waals surface area contributed by atoms with Crippen molar-refractivity contribution in [1.82, 2.24) is 10.3 Å². The number of nitrogens with zero attached hydrogens (tertiary/aromatic N) is 1. The number of benzene rings is 1. The Morgan fingerprint density at radius 1 is 1.38 bits per heavy atom. The lowest BCUT2D eigenvalue weighted by Gasteiger charge is -2.08. The largest absolute Gasteiger partial charge is 0.436 e. The molecule has 1 amide bonds. The summed E-state index contributed by atoms with van der Waals surface area (Å²) < 4.78 is 19.3. The van der Waals surface area contributed by atoms with E-state index in [2.05, 4.69) is 10.3 Å². The van der Waals surface area contributed by atoms with E-state index in [1.54, 1.807) is 12.1 Å². The van der Waals surface area contributed by atoms with E-state index in [4.69, 9.17) is 10.5 Å². The number of pyridine rings is 1. The molecule has 110 valence electrons. The highest BCUT2D eigenvalue weighted by Gasteiger charge is 2.08. The molecule has 0 aliphatic carbocycles. The first kappa shape index (κ1) is 14.9. The third-order valence-corrected chi connectivity index (χ3v) is 2.81. The molecule has 0 saturated heterocycles. The molecular formula is C15H16FN3O2. The number of amides is 1. The van der Waals surface area contributed by atoms with Gasteiger partial charge in [0.25, 0.3) is 0 Å². The minimum atomic E-state index is -0.576. The van der Waals surface area contributed by atoms with Crippen LogP contribution in [0.5, 0.6) is 11.6 Å². The third-order valence-electron chi connectivity index (χ3n) is 2.81. The minimum absolute atomic E-state index is 0.0783. The van der Waals surface area contributed by atoms with Gasteiger partial charge in [-0.2, -0.15) is 0 Å². The van der Waals surface area contributed by atoms with Gasteiger partial charge in [0.2, 0.25) is 11.8 Å². The van der Waals surface area contributed by atoms with Crippen molar-refractivity contribution < 1.29 is 13.9 Å². The summed E-state index contributed by atoms with van der Waals surface area (Å²) in [6.07, 6.45) is 1.29. The molecule has 2 aromatic rings. The second-order valence-electron chi connectivity index (χ2n) is 4.40. The molecule has 1 aromatic carbocycles. The number of ether oxygens (including phenoxy) is 1. The minimum Gasteiger partial charge on any atom is -0.436 e. The Morgan fingerprint density at radius 2 is 2.19 bits per heavy atom. The number of halogens is 1. The molecule has 0 spiro atoms. The van der Waals surface area contributed by atoms with E-state index in [1.165, 1.54) is 24.4 Å². The number of primary amides is 1. The number of nitrogens with one attached hydrogen (secondary N) is 1. The van der Waals surface area contributed by atoms with Crippen LogP contribution in [0, 0.1) is 5.82 Å². The predicted octanol–water partition coefficient (Wildman–Crippen LogP) is 2.22. The van der Waals surface area contributed by atoms with Crippen LogP contribution >= 0.6 is 0 Å². The number of carbonyl (C=O) groups excluding carboxylic acids is 1. The Hall–Kier alpha value is -2.47. The number of aromatic nitrogens is 1. The molecule has 0 bridgehead atoms. The first-order valence-corrected chi connectivity index (χ1v) is 6.53. The van der Waals surface area contributed by atoms with Crippen LogP contribution < -0.4 is 15.8 Å². The maximum absolute atomic E-state index is 13.9. The molecule has 5 nitrogen and oxygen atoms in total. The van der Waals surface area contributed by atoms with Gasteiger partial charge in [0.1, 0.15) is 0 Å². The summed E-state index contributed by atoms with van der Waals surface area (Å²) in [5, 5.41) is 3.11. The zero-order valence-electron chi connectivity index (χ0n) is 11.6. The molecule has 0 atom stereocenters. The average Bonchev–Trinajstić information content (AvgIpc) is 2.48. The average molecular weight is 289 g/mol. The van der Waals surface area contributed by atoms with Gasteiger partial charge in [-0.25, -0.2) is 9.37 Å². The first-order valence-electron chi connectivity index (χ1n) is 6.53. The Labute approximate surface area is 121 Å². The number of nitrogens with two attached hydrogens (primary N) is 1. The summed E-state index contributed by atoms with van der Waals surface area (Å²) in [5.74, 6) is -0.771. The molecule has 0 saturated carbocycles. The molecule has 0 unspecified atom stereocenters. The smallest absolute Gasteiger partial charge is 0.250 e. The summed E-state index contributed by atoms with van der Waals surface area (Å²) in [4.78, 5) is 14.8. The summed E-state index contributed by atoms with van der Waals surface area (Å²) >= 11 is 0. The van der Waals surface area contributed by atoms with E-state index in [0.29, 0.717) is 6.54 Å². The number of carbonyl (C=O) groups is 1. The molecule has 0 aliphatic heterocycles. The van der Waals surface area contributed by atoms with Crippen LogP contribution in [0.3, 0.4) is 0 Å². The van der Waals surface area contributed by atoms with Gasteiger partial charge in [-0.3, -0.25) is 4.79 Å². The van der Waals surface area contributed by atoms with E-state index >= 15 is 0 Å². The highest BCUT2D eigenvalue weighted by molar-refractivity contribution is 5.92. The van der Waals surface area contributed by atoms with Gasteiger partial charge in [-0.05, 0) is 30.3 Å². The van der Waals surface area contributed by atoms with Crippen LogP contribution in [0.1, 0.15) is 22.8 Å². The Balaban J connectivity index is 2.10.